The van der Waals surface area contributed by atoms with Gasteiger partial charge >= 0.3 is 5.91 Å². The van der Waals surface area contributed by atoms with Crippen LogP contribution in [-0.2, 0) is 4.79 Å². The van der Waals surface area contributed by atoms with Crippen LogP contribution in [0.5, 0.6) is 11.5 Å². The third kappa shape index (κ3) is 2.23. The minimum atomic E-state index is -0.632. The van der Waals surface area contributed by atoms with Crippen molar-refractivity contribution in [3.05, 3.63) is 18.2 Å². The van der Waals surface area contributed by atoms with Gasteiger partial charge in [-0.05, 0) is 12.1 Å². The second-order valence-electron chi connectivity index (χ2n) is 3.02. The average molecular weight is 220 g/mol. The van der Waals surface area contributed by atoms with Crippen LogP contribution in [0.1, 0.15) is 0 Å². The molecule has 0 fully saturated rings. The number of methoxy groups -OCH3 is 2. The van der Waals surface area contributed by atoms with Gasteiger partial charge in [-0.1, -0.05) is 0 Å². The third-order valence-electron chi connectivity index (χ3n) is 2.15. The molecule has 0 N–H and O–H groups in total. The molecule has 5 heteroatoms. The highest BCUT2D eigenvalue weighted by Gasteiger charge is 2.12. The van der Waals surface area contributed by atoms with E-state index in [0.29, 0.717) is 17.2 Å². The molecule has 1 aromatic carbocycles. The summed E-state index contributed by atoms with van der Waals surface area (Å²) in [5.74, 6) is 0.453. The number of anilines is 1. The minimum Gasteiger partial charge on any atom is -0.493 e. The third-order valence-corrected chi connectivity index (χ3v) is 2.15. The van der Waals surface area contributed by atoms with Crippen molar-refractivity contribution in [1.29, 1.82) is 5.26 Å². The van der Waals surface area contributed by atoms with Crippen molar-refractivity contribution in [2.75, 3.05) is 26.2 Å². The number of amides is 1. The van der Waals surface area contributed by atoms with E-state index >= 15 is 0 Å². The number of rotatable bonds is 3. The van der Waals surface area contributed by atoms with Gasteiger partial charge in [-0.3, -0.25) is 4.79 Å². The van der Waals surface area contributed by atoms with Gasteiger partial charge in [-0.25, -0.2) is 0 Å². The van der Waals surface area contributed by atoms with E-state index in [2.05, 4.69) is 0 Å². The molecular formula is C11H12N2O3. The smallest absolute Gasteiger partial charge is 0.329 e. The van der Waals surface area contributed by atoms with Gasteiger partial charge in [0.05, 0.1) is 14.2 Å². The van der Waals surface area contributed by atoms with Gasteiger partial charge in [0.2, 0.25) is 0 Å². The largest absolute Gasteiger partial charge is 0.493 e. The summed E-state index contributed by atoms with van der Waals surface area (Å²) < 4.78 is 10.2. The summed E-state index contributed by atoms with van der Waals surface area (Å²) in [7, 11) is 4.56. The van der Waals surface area contributed by atoms with E-state index in [1.807, 2.05) is 0 Å². The average Bonchev–Trinajstić information content (AvgIpc) is 2.35. The minimum absolute atomic E-state index is 0.512. The van der Waals surface area contributed by atoms with Gasteiger partial charge in [-0.15, -0.1) is 0 Å². The Morgan fingerprint density at radius 3 is 2.44 bits per heavy atom. The number of benzene rings is 1. The van der Waals surface area contributed by atoms with Gasteiger partial charge in [0.25, 0.3) is 0 Å². The molecule has 0 saturated carbocycles. The molecule has 0 atom stereocenters. The fourth-order valence-electron chi connectivity index (χ4n) is 1.23. The second-order valence-corrected chi connectivity index (χ2v) is 3.02. The Balaban J connectivity index is 3.09. The fraction of sp³-hybridized carbons (Fsp3) is 0.273. The van der Waals surface area contributed by atoms with Gasteiger partial charge in [0.15, 0.2) is 17.6 Å². The molecule has 1 aromatic rings. The molecule has 1 rings (SSSR count). The van der Waals surface area contributed by atoms with E-state index < -0.39 is 5.91 Å². The van der Waals surface area contributed by atoms with Crippen LogP contribution in [-0.4, -0.2) is 27.2 Å². The van der Waals surface area contributed by atoms with Crippen LogP contribution in [0, 0.1) is 11.3 Å². The zero-order chi connectivity index (χ0) is 12.1. The van der Waals surface area contributed by atoms with Gasteiger partial charge < -0.3 is 14.4 Å². The first-order valence-electron chi connectivity index (χ1n) is 4.53. The molecule has 0 radical (unpaired) electrons. The first kappa shape index (κ1) is 11.9. The number of ether oxygens (including phenoxy) is 2. The van der Waals surface area contributed by atoms with Gasteiger partial charge in [0.1, 0.15) is 0 Å². The molecule has 0 bridgehead atoms. The predicted octanol–water partition coefficient (Wildman–Crippen LogP) is 1.19. The number of hydrogen-bond donors (Lipinski definition) is 0. The van der Waals surface area contributed by atoms with Crippen molar-refractivity contribution >= 4 is 11.6 Å². The SMILES string of the molecule is COc1ccc(N(C)C(=O)C#N)cc1OC. The Bertz CT molecular complexity index is 437. The first-order chi connectivity index (χ1) is 7.63. The standard InChI is InChI=1S/C11H12N2O3/c1-13(11(14)7-12)8-4-5-9(15-2)10(6-8)16-3/h4-6H,1-3H3. The summed E-state index contributed by atoms with van der Waals surface area (Å²) in [6.07, 6.45) is 0. The van der Waals surface area contributed by atoms with Gasteiger partial charge in [0, 0.05) is 18.8 Å². The zero-order valence-electron chi connectivity index (χ0n) is 9.35. The van der Waals surface area contributed by atoms with E-state index in [-0.39, 0.29) is 0 Å². The number of carbonyl (C=O) groups excluding carboxylic acids is 1. The molecule has 0 spiro atoms. The molecule has 84 valence electrons. The van der Waals surface area contributed by atoms with Crippen LogP contribution in [0.2, 0.25) is 0 Å². The lowest BCUT2D eigenvalue weighted by Gasteiger charge is -2.15. The van der Waals surface area contributed by atoms with Crippen molar-refractivity contribution in [3.8, 4) is 17.6 Å². The fourth-order valence-corrected chi connectivity index (χ4v) is 1.23. The van der Waals surface area contributed by atoms with E-state index in [9.17, 15) is 4.79 Å². The summed E-state index contributed by atoms with van der Waals surface area (Å²) in [5, 5.41) is 8.50. The lowest BCUT2D eigenvalue weighted by atomic mass is 10.2. The van der Waals surface area contributed by atoms with E-state index in [0.717, 1.165) is 0 Å². The summed E-state index contributed by atoms with van der Waals surface area (Å²) in [6.45, 7) is 0. The van der Waals surface area contributed by atoms with Crippen LogP contribution in [0.4, 0.5) is 5.69 Å². The molecule has 5 nitrogen and oxygen atoms in total. The lowest BCUT2D eigenvalue weighted by Crippen LogP contribution is -2.24. The van der Waals surface area contributed by atoms with Crippen molar-refractivity contribution in [1.82, 2.24) is 0 Å². The quantitative estimate of drug-likeness (QED) is 0.718. The maximum absolute atomic E-state index is 11.2. The molecule has 0 aromatic heterocycles. The number of hydrogen-bond acceptors (Lipinski definition) is 4. The van der Waals surface area contributed by atoms with E-state index in [1.165, 1.54) is 26.2 Å². The normalized spacial score (nSPS) is 9.12. The highest BCUT2D eigenvalue weighted by atomic mass is 16.5. The molecule has 16 heavy (non-hydrogen) atoms. The van der Waals surface area contributed by atoms with Crippen LogP contribution in [0.3, 0.4) is 0 Å². The topological polar surface area (TPSA) is 62.6 Å². The van der Waals surface area contributed by atoms with Crippen molar-refractivity contribution in [3.63, 3.8) is 0 Å². The lowest BCUT2D eigenvalue weighted by molar-refractivity contribution is -0.113. The van der Waals surface area contributed by atoms with Crippen LogP contribution in [0.25, 0.3) is 0 Å². The number of nitrogens with zero attached hydrogens (tertiary/aromatic N) is 2. The maximum Gasteiger partial charge on any atom is 0.329 e. The summed E-state index contributed by atoms with van der Waals surface area (Å²) in [4.78, 5) is 12.4. The number of nitriles is 1. The molecule has 1 amide bonds. The Labute approximate surface area is 93.8 Å². The second kappa shape index (κ2) is 5.03. The molecule has 0 aliphatic rings. The zero-order valence-corrected chi connectivity index (χ0v) is 9.35. The monoisotopic (exact) mass is 220 g/mol. The summed E-state index contributed by atoms with van der Waals surface area (Å²) in [6, 6.07) is 6.53. The van der Waals surface area contributed by atoms with E-state index in [1.54, 1.807) is 24.3 Å². The van der Waals surface area contributed by atoms with E-state index in [4.69, 9.17) is 14.7 Å². The van der Waals surface area contributed by atoms with Crippen molar-refractivity contribution < 1.29 is 14.3 Å². The van der Waals surface area contributed by atoms with Crippen molar-refractivity contribution in [2.24, 2.45) is 0 Å². The molecule has 0 saturated heterocycles. The predicted molar refractivity (Wildman–Crippen MR) is 58.6 cm³/mol. The molecular weight excluding hydrogens is 208 g/mol. The molecule has 0 heterocycles. The summed E-state index contributed by atoms with van der Waals surface area (Å²) >= 11 is 0. The molecule has 0 aliphatic carbocycles. The highest BCUT2D eigenvalue weighted by molar-refractivity contribution is 6.04. The Hall–Kier alpha value is -2.22. The maximum atomic E-state index is 11.2. The Morgan fingerprint density at radius 2 is 1.94 bits per heavy atom. The molecule has 0 aliphatic heterocycles. The first-order valence-corrected chi connectivity index (χ1v) is 4.53. The van der Waals surface area contributed by atoms with Crippen molar-refractivity contribution in [2.45, 2.75) is 0 Å². The highest BCUT2D eigenvalue weighted by Crippen LogP contribution is 2.30. The summed E-state index contributed by atoms with van der Waals surface area (Å²) in [5.41, 5.74) is 0.573. The van der Waals surface area contributed by atoms with Gasteiger partial charge in [-0.2, -0.15) is 5.26 Å². The number of carbonyl (C=O) groups is 1. The Kier molecular flexibility index (Phi) is 3.72. The Morgan fingerprint density at radius 1 is 1.31 bits per heavy atom. The van der Waals surface area contributed by atoms with Crippen LogP contribution < -0.4 is 14.4 Å². The molecule has 0 unspecified atom stereocenters. The van der Waals surface area contributed by atoms with Crippen LogP contribution >= 0.6 is 0 Å². The van der Waals surface area contributed by atoms with Crippen LogP contribution in [0.15, 0.2) is 18.2 Å².